The normalized spacial score (nSPS) is 11.2. The molecule has 4 nitrogen and oxygen atoms in total. The average molecular weight is 578 g/mol. The fraction of sp³-hybridized carbons (Fsp3) is 0.919. The molecule has 0 bridgehead atoms. The highest BCUT2D eigenvalue weighted by molar-refractivity contribution is 5.76. The minimum absolute atomic E-state index is 0.133. The van der Waals surface area contributed by atoms with Crippen LogP contribution in [0, 0.1) is 6.42 Å². The highest BCUT2D eigenvalue weighted by atomic mass is 16.2. The number of hydrogen-bond acceptors (Lipinski definition) is 2. The fourth-order valence-electron chi connectivity index (χ4n) is 5.58. The van der Waals surface area contributed by atoms with Crippen molar-refractivity contribution in [1.82, 2.24) is 10.6 Å². The Bertz CT molecular complexity index is 491. The van der Waals surface area contributed by atoms with Crippen LogP contribution in [0.1, 0.15) is 206 Å². The van der Waals surface area contributed by atoms with Gasteiger partial charge in [-0.3, -0.25) is 9.59 Å². The molecule has 0 aromatic rings. The highest BCUT2D eigenvalue weighted by Gasteiger charge is 2.03. The van der Waals surface area contributed by atoms with Crippen LogP contribution in [0.25, 0.3) is 0 Å². The minimum Gasteiger partial charge on any atom is -0.356 e. The highest BCUT2D eigenvalue weighted by Crippen LogP contribution is 2.14. The SMILES string of the molecule is CCCCCCCCCCCCCCCCC(=O)NC[CH]CNC(=O)CCCCCCCCCCCCCCCC. The van der Waals surface area contributed by atoms with Gasteiger partial charge < -0.3 is 10.6 Å². The molecule has 0 aliphatic rings. The molecule has 0 aromatic heterocycles. The molecule has 0 rings (SSSR count). The molecule has 0 saturated heterocycles. The van der Waals surface area contributed by atoms with E-state index in [4.69, 9.17) is 0 Å². The second kappa shape index (κ2) is 35.1. The zero-order valence-corrected chi connectivity index (χ0v) is 28.0. The van der Waals surface area contributed by atoms with Crippen LogP contribution in [0.2, 0.25) is 0 Å². The van der Waals surface area contributed by atoms with E-state index < -0.39 is 0 Å². The predicted molar refractivity (Wildman–Crippen MR) is 180 cm³/mol. The third-order valence-electron chi connectivity index (χ3n) is 8.40. The first-order chi connectivity index (χ1) is 20.2. The summed E-state index contributed by atoms with van der Waals surface area (Å²) in [4.78, 5) is 24.0. The first kappa shape index (κ1) is 39.9. The van der Waals surface area contributed by atoms with Gasteiger partial charge in [-0.2, -0.15) is 0 Å². The maximum Gasteiger partial charge on any atom is 0.220 e. The van der Waals surface area contributed by atoms with Crippen molar-refractivity contribution in [3.63, 3.8) is 0 Å². The molecule has 0 saturated carbocycles. The van der Waals surface area contributed by atoms with E-state index >= 15 is 0 Å². The Morgan fingerprint density at radius 3 is 0.829 bits per heavy atom. The van der Waals surface area contributed by atoms with Gasteiger partial charge in [-0.05, 0) is 19.3 Å². The number of carbonyl (C=O) groups is 2. The standard InChI is InChI=1S/C37H73N2O2/c1-3-5-7-9-11-13-15-17-19-21-23-25-27-29-32-36(40)38-34-31-35-39-37(41)33-30-28-26-24-22-20-18-16-14-12-10-8-6-4-2/h31H,3-30,32-35H2,1-2H3,(H,38,40)(H,39,41). The molecule has 1 radical (unpaired) electrons. The molecule has 0 unspecified atom stereocenters. The lowest BCUT2D eigenvalue weighted by atomic mass is 10.0. The Morgan fingerprint density at radius 1 is 0.366 bits per heavy atom. The van der Waals surface area contributed by atoms with Crippen molar-refractivity contribution >= 4 is 11.8 Å². The maximum absolute atomic E-state index is 12.0. The van der Waals surface area contributed by atoms with Gasteiger partial charge in [0.15, 0.2) is 0 Å². The molecule has 0 fully saturated rings. The fourth-order valence-corrected chi connectivity index (χ4v) is 5.58. The number of amides is 2. The van der Waals surface area contributed by atoms with Crippen LogP contribution in [-0.2, 0) is 9.59 Å². The quantitative estimate of drug-likeness (QED) is 0.0747. The number of hydrogen-bond donors (Lipinski definition) is 2. The van der Waals surface area contributed by atoms with E-state index in [0.717, 1.165) is 25.7 Å². The molecular formula is C37H73N2O2. The Kier molecular flexibility index (Phi) is 34.2. The lowest BCUT2D eigenvalue weighted by Crippen LogP contribution is -2.30. The summed E-state index contributed by atoms with van der Waals surface area (Å²) in [5.74, 6) is 0.267. The summed E-state index contributed by atoms with van der Waals surface area (Å²) in [5, 5.41) is 5.91. The third kappa shape index (κ3) is 35.0. The van der Waals surface area contributed by atoms with Crippen LogP contribution in [0.4, 0.5) is 0 Å². The van der Waals surface area contributed by atoms with E-state index in [1.807, 2.05) is 6.42 Å². The van der Waals surface area contributed by atoms with Crippen LogP contribution in [0.15, 0.2) is 0 Å². The zero-order chi connectivity index (χ0) is 29.9. The molecule has 4 heteroatoms. The van der Waals surface area contributed by atoms with E-state index in [1.54, 1.807) is 0 Å². The lowest BCUT2D eigenvalue weighted by molar-refractivity contribution is -0.121. The van der Waals surface area contributed by atoms with Gasteiger partial charge >= 0.3 is 0 Å². The van der Waals surface area contributed by atoms with Crippen LogP contribution >= 0.6 is 0 Å². The second-order valence-electron chi connectivity index (χ2n) is 12.6. The van der Waals surface area contributed by atoms with Gasteiger partial charge in [-0.25, -0.2) is 0 Å². The molecule has 0 aliphatic carbocycles. The van der Waals surface area contributed by atoms with E-state index in [0.29, 0.717) is 25.9 Å². The van der Waals surface area contributed by atoms with Gasteiger partial charge in [0.25, 0.3) is 0 Å². The Morgan fingerprint density at radius 2 is 0.585 bits per heavy atom. The lowest BCUT2D eigenvalue weighted by Gasteiger charge is -2.07. The number of nitrogens with one attached hydrogen (secondary N) is 2. The van der Waals surface area contributed by atoms with Crippen LogP contribution in [0.3, 0.4) is 0 Å². The van der Waals surface area contributed by atoms with Crippen molar-refractivity contribution in [3.8, 4) is 0 Å². The van der Waals surface area contributed by atoms with Crippen LogP contribution in [-0.4, -0.2) is 24.9 Å². The molecule has 41 heavy (non-hydrogen) atoms. The van der Waals surface area contributed by atoms with Crippen molar-refractivity contribution < 1.29 is 9.59 Å². The largest absolute Gasteiger partial charge is 0.356 e. The van der Waals surface area contributed by atoms with Crippen molar-refractivity contribution in [2.24, 2.45) is 0 Å². The van der Waals surface area contributed by atoms with Gasteiger partial charge in [0.05, 0.1) is 0 Å². The second-order valence-corrected chi connectivity index (χ2v) is 12.6. The van der Waals surface area contributed by atoms with E-state index in [1.165, 1.54) is 154 Å². The van der Waals surface area contributed by atoms with Gasteiger partial charge in [0.2, 0.25) is 11.8 Å². The van der Waals surface area contributed by atoms with Crippen LogP contribution in [0.5, 0.6) is 0 Å². The molecule has 0 aliphatic heterocycles. The average Bonchev–Trinajstić information content (AvgIpc) is 2.97. The first-order valence-corrected chi connectivity index (χ1v) is 18.6. The van der Waals surface area contributed by atoms with Gasteiger partial charge in [0.1, 0.15) is 0 Å². The summed E-state index contributed by atoms with van der Waals surface area (Å²) in [6, 6.07) is 0. The first-order valence-electron chi connectivity index (χ1n) is 18.6. The zero-order valence-electron chi connectivity index (χ0n) is 28.0. The predicted octanol–water partition coefficient (Wildman–Crippen LogP) is 11.2. The molecular weight excluding hydrogens is 504 g/mol. The number of carbonyl (C=O) groups excluding carboxylic acids is 2. The molecule has 0 atom stereocenters. The van der Waals surface area contributed by atoms with Crippen LogP contribution < -0.4 is 10.6 Å². The molecule has 243 valence electrons. The summed E-state index contributed by atoms with van der Waals surface area (Å²) in [7, 11) is 0. The minimum atomic E-state index is 0.133. The summed E-state index contributed by atoms with van der Waals surface area (Å²) >= 11 is 0. The van der Waals surface area contributed by atoms with Crippen molar-refractivity contribution in [3.05, 3.63) is 6.42 Å². The Labute approximate surface area is 257 Å². The molecule has 0 heterocycles. The number of unbranched alkanes of at least 4 members (excludes halogenated alkanes) is 26. The van der Waals surface area contributed by atoms with E-state index in [-0.39, 0.29) is 11.8 Å². The smallest absolute Gasteiger partial charge is 0.220 e. The monoisotopic (exact) mass is 578 g/mol. The summed E-state index contributed by atoms with van der Waals surface area (Å²) in [6.45, 7) is 5.63. The van der Waals surface area contributed by atoms with Crippen molar-refractivity contribution in [2.75, 3.05) is 13.1 Å². The molecule has 2 N–H and O–H groups in total. The molecule has 2 amide bonds. The van der Waals surface area contributed by atoms with Crippen molar-refractivity contribution in [2.45, 2.75) is 206 Å². The van der Waals surface area contributed by atoms with E-state index in [2.05, 4.69) is 24.5 Å². The van der Waals surface area contributed by atoms with Gasteiger partial charge in [-0.15, -0.1) is 0 Å². The van der Waals surface area contributed by atoms with Gasteiger partial charge in [0, 0.05) is 25.9 Å². The molecule has 0 aromatic carbocycles. The summed E-state index contributed by atoms with van der Waals surface area (Å²) in [6.07, 6.45) is 40.5. The van der Waals surface area contributed by atoms with Gasteiger partial charge in [-0.1, -0.05) is 181 Å². The summed E-state index contributed by atoms with van der Waals surface area (Å²) < 4.78 is 0. The van der Waals surface area contributed by atoms with Crippen molar-refractivity contribution in [1.29, 1.82) is 0 Å². The summed E-state index contributed by atoms with van der Waals surface area (Å²) in [5.41, 5.74) is 0. The maximum atomic E-state index is 12.0. The number of rotatable bonds is 34. The topological polar surface area (TPSA) is 58.2 Å². The Hall–Kier alpha value is -1.06. The molecule has 0 spiro atoms. The third-order valence-corrected chi connectivity index (χ3v) is 8.40. The Balaban J connectivity index is 3.26. The van der Waals surface area contributed by atoms with E-state index in [9.17, 15) is 9.59 Å².